The van der Waals surface area contributed by atoms with Crippen LogP contribution in [0, 0.1) is 0 Å². The molecule has 4 atom stereocenters. The molecule has 2 aliphatic heterocycles. The first-order chi connectivity index (χ1) is 13.8. The molecule has 2 rings (SSSR count). The van der Waals surface area contributed by atoms with E-state index in [1.54, 1.807) is 0 Å². The van der Waals surface area contributed by atoms with Crippen LogP contribution in [0.2, 0.25) is 0 Å². The molecular formula is C14H26CdN4O6S6. The molecule has 2 heterocycles. The summed E-state index contributed by atoms with van der Waals surface area (Å²) in [4.78, 5) is 0. The first-order valence-corrected chi connectivity index (χ1v) is 14.2. The minimum absolute atomic E-state index is 0. The van der Waals surface area contributed by atoms with Crippen molar-refractivity contribution in [2.75, 3.05) is 49.2 Å². The van der Waals surface area contributed by atoms with Gasteiger partial charge >= 0.3 is 27.3 Å². The van der Waals surface area contributed by atoms with Gasteiger partial charge in [0.25, 0.3) is 0 Å². The Kier molecular flexibility index (Phi) is 15.4. The molecule has 0 aromatic carbocycles. The van der Waals surface area contributed by atoms with E-state index in [4.69, 9.17) is 0 Å². The Hall–Kier alpha value is 0.882. The summed E-state index contributed by atoms with van der Waals surface area (Å²) < 4.78 is 45.1. The van der Waals surface area contributed by atoms with Crippen LogP contribution in [0.25, 0.3) is 0 Å². The fourth-order valence-electron chi connectivity index (χ4n) is 2.89. The van der Waals surface area contributed by atoms with Crippen LogP contribution >= 0.6 is 24.4 Å². The fraction of sp³-hybridized carbons (Fsp3) is 0.857. The maximum Gasteiger partial charge on any atom is 2.00 e. The molecule has 2 aliphatic rings. The topological polar surface area (TPSA) is 157 Å². The number of hydrogen-bond donors (Lipinski definition) is 6. The van der Waals surface area contributed by atoms with Gasteiger partial charge in [0.2, 0.25) is 0 Å². The quantitative estimate of drug-likeness (QED) is 0.0661. The zero-order chi connectivity index (χ0) is 22.9. The molecule has 2 fully saturated rings. The molecule has 2 saturated heterocycles. The smallest absolute Gasteiger partial charge is 0.412 e. The SMILES string of the molecule is O=S1(=O)CC(O)C(NCCNC(=S)[S-])C1.O=S1(=O)CC(O)C(NCCNC(=S)[S-])C1.[Cd+2]. The van der Waals surface area contributed by atoms with Crippen LogP contribution in [0.3, 0.4) is 0 Å². The van der Waals surface area contributed by atoms with Crippen molar-refractivity contribution in [2.24, 2.45) is 0 Å². The van der Waals surface area contributed by atoms with Crippen molar-refractivity contribution in [2.45, 2.75) is 24.3 Å². The molecule has 0 aromatic rings. The number of aliphatic hydroxyl groups excluding tert-OH is 2. The second-order valence-electron chi connectivity index (χ2n) is 6.84. The minimum atomic E-state index is -3.08. The number of sulfone groups is 2. The number of nitrogens with one attached hydrogen (secondary N) is 4. The second-order valence-corrected chi connectivity index (χ2v) is 13.3. The number of aliphatic hydroxyl groups is 2. The summed E-state index contributed by atoms with van der Waals surface area (Å²) in [5.41, 5.74) is 0. The zero-order valence-electron chi connectivity index (χ0n) is 16.7. The average molecular weight is 651 g/mol. The molecule has 4 unspecified atom stereocenters. The van der Waals surface area contributed by atoms with Crippen molar-refractivity contribution >= 4 is 78.0 Å². The summed E-state index contributed by atoms with van der Waals surface area (Å²) >= 11 is 18.5. The van der Waals surface area contributed by atoms with Crippen LogP contribution in [0.15, 0.2) is 0 Å². The predicted molar refractivity (Wildman–Crippen MR) is 129 cm³/mol. The van der Waals surface area contributed by atoms with E-state index >= 15 is 0 Å². The van der Waals surface area contributed by atoms with Crippen LogP contribution in [-0.4, -0.2) is 109 Å². The van der Waals surface area contributed by atoms with Crippen molar-refractivity contribution in [3.8, 4) is 0 Å². The molecular weight excluding hydrogens is 625 g/mol. The molecule has 6 N–H and O–H groups in total. The van der Waals surface area contributed by atoms with Crippen LogP contribution in [0.1, 0.15) is 0 Å². The van der Waals surface area contributed by atoms with Gasteiger partial charge in [0.05, 0.1) is 35.2 Å². The molecule has 31 heavy (non-hydrogen) atoms. The van der Waals surface area contributed by atoms with Gasteiger partial charge in [-0.3, -0.25) is 0 Å². The molecule has 0 aliphatic carbocycles. The van der Waals surface area contributed by atoms with Gasteiger partial charge in [-0.15, -0.1) is 0 Å². The first-order valence-electron chi connectivity index (χ1n) is 8.95. The van der Waals surface area contributed by atoms with E-state index in [1.165, 1.54) is 0 Å². The van der Waals surface area contributed by atoms with E-state index in [-0.39, 0.29) is 71.0 Å². The summed E-state index contributed by atoms with van der Waals surface area (Å²) in [7, 11) is -6.15. The summed E-state index contributed by atoms with van der Waals surface area (Å²) in [6.45, 7) is 2.11. The monoisotopic (exact) mass is 652 g/mol. The standard InChI is InChI=1S/2C7H14N2O3S3.Cd/c2*10-6-4-15(11,12)3-5(6)8-1-2-9-7(13)14;/h2*5-6,8,10H,1-4H2,(H2,9,13,14);/q;;+2/p-2. The Labute approximate surface area is 225 Å². The summed E-state index contributed by atoms with van der Waals surface area (Å²) in [6.07, 6.45) is -1.63. The predicted octanol–water partition coefficient (Wildman–Crippen LogP) is -3.69. The minimum Gasteiger partial charge on any atom is -0.412 e. The fourth-order valence-corrected chi connectivity index (χ4v) is 6.85. The zero-order valence-corrected chi connectivity index (χ0v) is 25.6. The molecule has 0 amide bonds. The number of hydrogen-bond acceptors (Lipinski definition) is 12. The van der Waals surface area contributed by atoms with Crippen LogP contribution in [0.4, 0.5) is 0 Å². The molecule has 176 valence electrons. The van der Waals surface area contributed by atoms with E-state index < -0.39 is 31.9 Å². The van der Waals surface area contributed by atoms with Crippen molar-refractivity contribution in [3.05, 3.63) is 0 Å². The molecule has 0 bridgehead atoms. The van der Waals surface area contributed by atoms with Gasteiger partial charge in [0, 0.05) is 38.3 Å². The van der Waals surface area contributed by atoms with Gasteiger partial charge in [0.1, 0.15) is 0 Å². The summed E-state index contributed by atoms with van der Waals surface area (Å²) in [5.74, 6) is -0.325. The largest absolute Gasteiger partial charge is 2.00 e. The Morgan fingerprint density at radius 1 is 0.742 bits per heavy atom. The van der Waals surface area contributed by atoms with Crippen LogP contribution in [-0.2, 0) is 72.2 Å². The average Bonchev–Trinajstić information content (AvgIpc) is 3.01. The normalized spacial score (nSPS) is 27.9. The first kappa shape index (κ1) is 31.9. The van der Waals surface area contributed by atoms with E-state index in [0.29, 0.717) is 26.2 Å². The van der Waals surface area contributed by atoms with Gasteiger partial charge in [-0.2, -0.15) is 0 Å². The van der Waals surface area contributed by atoms with E-state index in [2.05, 4.69) is 71.0 Å². The molecule has 0 saturated carbocycles. The van der Waals surface area contributed by atoms with E-state index in [9.17, 15) is 27.0 Å². The van der Waals surface area contributed by atoms with Crippen molar-refractivity contribution in [1.29, 1.82) is 0 Å². The van der Waals surface area contributed by atoms with E-state index in [1.807, 2.05) is 0 Å². The Balaban J connectivity index is 0.000000562. The van der Waals surface area contributed by atoms with Gasteiger partial charge in [-0.1, -0.05) is 8.64 Å². The van der Waals surface area contributed by atoms with Gasteiger partial charge in [-0.05, 0) is 0 Å². The third-order valence-corrected chi connectivity index (χ3v) is 8.26. The molecule has 0 radical (unpaired) electrons. The third kappa shape index (κ3) is 14.0. The molecule has 0 spiro atoms. The van der Waals surface area contributed by atoms with Crippen LogP contribution in [0.5, 0.6) is 0 Å². The maximum atomic E-state index is 11.1. The summed E-state index contributed by atoms with van der Waals surface area (Å²) in [5, 5.41) is 30.3. The number of rotatable bonds is 8. The van der Waals surface area contributed by atoms with E-state index in [0.717, 1.165) is 0 Å². The van der Waals surface area contributed by atoms with Gasteiger partial charge < -0.3 is 81.2 Å². The Morgan fingerprint density at radius 3 is 1.29 bits per heavy atom. The van der Waals surface area contributed by atoms with Crippen molar-refractivity contribution < 1.29 is 54.3 Å². The Bertz CT molecular complexity index is 733. The Morgan fingerprint density at radius 2 is 1.06 bits per heavy atom. The van der Waals surface area contributed by atoms with Crippen LogP contribution < -0.4 is 21.3 Å². The molecule has 0 aromatic heterocycles. The second kappa shape index (κ2) is 15.0. The summed E-state index contributed by atoms with van der Waals surface area (Å²) in [6, 6.07) is -0.758. The number of thiocarbonyl (C=S) groups is 2. The van der Waals surface area contributed by atoms with Gasteiger partial charge in [-0.25, -0.2) is 16.8 Å². The van der Waals surface area contributed by atoms with Crippen molar-refractivity contribution in [3.63, 3.8) is 0 Å². The third-order valence-electron chi connectivity index (χ3n) is 4.25. The van der Waals surface area contributed by atoms with Gasteiger partial charge in [0.15, 0.2) is 19.7 Å². The molecule has 10 nitrogen and oxygen atoms in total. The van der Waals surface area contributed by atoms with Crippen molar-refractivity contribution in [1.82, 2.24) is 21.3 Å². The molecule has 17 heteroatoms. The maximum absolute atomic E-state index is 11.1.